The molecule has 0 rings (SSSR count). The Morgan fingerprint density at radius 3 is 2.57 bits per heavy atom. The van der Waals surface area contributed by atoms with Crippen LogP contribution in [0.15, 0.2) is 0 Å². The Bertz CT molecular complexity index is 185. The van der Waals surface area contributed by atoms with E-state index in [2.05, 4.69) is 13.1 Å². The summed E-state index contributed by atoms with van der Waals surface area (Å²) in [6.07, 6.45) is 2.95. The SMILES string of the molecule is CCOC(=O)CCCN([C]=O)[SiH](C)C. The highest BCUT2D eigenvalue weighted by molar-refractivity contribution is 6.54. The third-order valence-electron chi connectivity index (χ3n) is 1.83. The van der Waals surface area contributed by atoms with Gasteiger partial charge in [-0.1, -0.05) is 13.1 Å². The average molecular weight is 216 g/mol. The molecule has 0 aliphatic carbocycles. The van der Waals surface area contributed by atoms with Gasteiger partial charge >= 0.3 is 12.4 Å². The molecule has 0 N–H and O–H groups in total. The first-order valence-corrected chi connectivity index (χ1v) is 7.74. The summed E-state index contributed by atoms with van der Waals surface area (Å²) in [7, 11) is -1.11. The van der Waals surface area contributed by atoms with Crippen LogP contribution in [-0.4, -0.2) is 39.1 Å². The Balaban J connectivity index is 3.61. The first-order valence-electron chi connectivity index (χ1n) is 4.91. The summed E-state index contributed by atoms with van der Waals surface area (Å²) in [5.41, 5.74) is 0. The molecule has 0 saturated carbocycles. The van der Waals surface area contributed by atoms with E-state index in [9.17, 15) is 9.59 Å². The first-order chi connectivity index (χ1) is 6.61. The molecule has 14 heavy (non-hydrogen) atoms. The van der Waals surface area contributed by atoms with Crippen molar-refractivity contribution in [3.8, 4) is 0 Å². The maximum absolute atomic E-state index is 11.0. The van der Waals surface area contributed by atoms with Gasteiger partial charge in [0, 0.05) is 13.0 Å². The molecule has 0 bridgehead atoms. The Morgan fingerprint density at radius 2 is 2.14 bits per heavy atom. The van der Waals surface area contributed by atoms with Crippen molar-refractivity contribution >= 4 is 21.3 Å². The number of amides is 1. The van der Waals surface area contributed by atoms with Crippen molar-refractivity contribution in [2.45, 2.75) is 32.9 Å². The summed E-state index contributed by atoms with van der Waals surface area (Å²) in [5.74, 6) is -0.191. The molecule has 1 amide bonds. The molecule has 81 valence electrons. The lowest BCUT2D eigenvalue weighted by molar-refractivity contribution is -0.143. The number of hydrogen-bond acceptors (Lipinski definition) is 3. The topological polar surface area (TPSA) is 46.6 Å². The number of ether oxygens (including phenoxy) is 1. The number of carbonyl (C=O) groups excluding carboxylic acids is 2. The van der Waals surface area contributed by atoms with Crippen LogP contribution in [0.25, 0.3) is 0 Å². The second-order valence-corrected chi connectivity index (χ2v) is 6.10. The van der Waals surface area contributed by atoms with Gasteiger partial charge in [-0.05, 0) is 13.3 Å². The molecule has 0 spiro atoms. The second kappa shape index (κ2) is 7.55. The van der Waals surface area contributed by atoms with Gasteiger partial charge in [0.15, 0.2) is 0 Å². The van der Waals surface area contributed by atoms with Crippen molar-refractivity contribution in [2.24, 2.45) is 0 Å². The van der Waals surface area contributed by atoms with Gasteiger partial charge in [-0.3, -0.25) is 9.59 Å². The molecule has 0 saturated heterocycles. The number of hydrogen-bond donors (Lipinski definition) is 0. The van der Waals surface area contributed by atoms with Gasteiger partial charge in [-0.25, -0.2) is 0 Å². The molecule has 4 nitrogen and oxygen atoms in total. The minimum Gasteiger partial charge on any atom is -0.466 e. The summed E-state index contributed by atoms with van der Waals surface area (Å²) in [5, 5.41) is 0. The fourth-order valence-electron chi connectivity index (χ4n) is 1.04. The van der Waals surface area contributed by atoms with Crippen LogP contribution >= 0.6 is 0 Å². The zero-order valence-corrected chi connectivity index (χ0v) is 10.2. The van der Waals surface area contributed by atoms with Crippen LogP contribution in [0.5, 0.6) is 0 Å². The van der Waals surface area contributed by atoms with Gasteiger partial charge < -0.3 is 9.30 Å². The Morgan fingerprint density at radius 1 is 1.50 bits per heavy atom. The molecular weight excluding hydrogens is 198 g/mol. The first kappa shape index (κ1) is 13.2. The molecule has 0 aromatic carbocycles. The number of esters is 1. The highest BCUT2D eigenvalue weighted by atomic mass is 28.3. The molecule has 0 aromatic rings. The normalized spacial score (nSPS) is 10.0. The van der Waals surface area contributed by atoms with Crippen LogP contribution in [0, 0.1) is 0 Å². The number of nitrogens with zero attached hydrogens (tertiary/aromatic N) is 1. The molecule has 1 radical (unpaired) electrons. The molecule has 0 aliphatic heterocycles. The van der Waals surface area contributed by atoms with E-state index >= 15 is 0 Å². The number of carbonyl (C=O) groups is 1. The maximum Gasteiger partial charge on any atom is 0.305 e. The van der Waals surface area contributed by atoms with E-state index in [4.69, 9.17) is 4.74 Å². The second-order valence-electron chi connectivity index (χ2n) is 3.29. The molecule has 5 heteroatoms. The molecule has 0 aromatic heterocycles. The molecule has 0 aliphatic rings. The molecule has 0 unspecified atom stereocenters. The fraction of sp³-hybridized carbons (Fsp3) is 0.778. The fourth-order valence-corrected chi connectivity index (χ4v) is 1.95. The predicted octanol–water partition coefficient (Wildman–Crippen LogP) is 0.682. The number of rotatable bonds is 7. The standard InChI is InChI=1S/C9H18NO3Si/c1-4-13-9(12)6-5-7-10(8-11)14(2)3/h14H,4-7H2,1-3H3. The third kappa shape index (κ3) is 5.74. The van der Waals surface area contributed by atoms with E-state index in [0.717, 1.165) is 0 Å². The summed E-state index contributed by atoms with van der Waals surface area (Å²) in [6, 6.07) is 0. The van der Waals surface area contributed by atoms with E-state index in [1.54, 1.807) is 11.5 Å². The average Bonchev–Trinajstić information content (AvgIpc) is 2.12. The Hall–Kier alpha value is -0.843. The Labute approximate surface area is 86.9 Å². The molecule has 0 fully saturated rings. The van der Waals surface area contributed by atoms with Crippen LogP contribution < -0.4 is 0 Å². The van der Waals surface area contributed by atoms with Crippen molar-refractivity contribution in [3.63, 3.8) is 0 Å². The van der Waals surface area contributed by atoms with Crippen LogP contribution in [0.1, 0.15) is 19.8 Å². The van der Waals surface area contributed by atoms with Crippen molar-refractivity contribution < 1.29 is 14.3 Å². The lowest BCUT2D eigenvalue weighted by atomic mass is 10.3. The zero-order valence-electron chi connectivity index (χ0n) is 9.08. The van der Waals surface area contributed by atoms with Gasteiger partial charge in [0.25, 0.3) is 0 Å². The predicted molar refractivity (Wildman–Crippen MR) is 57.1 cm³/mol. The van der Waals surface area contributed by atoms with E-state index in [-0.39, 0.29) is 5.97 Å². The molecular formula is C9H18NO3Si. The van der Waals surface area contributed by atoms with Gasteiger partial charge in [-0.15, -0.1) is 0 Å². The van der Waals surface area contributed by atoms with Crippen LogP contribution in [0.2, 0.25) is 13.1 Å². The largest absolute Gasteiger partial charge is 0.466 e. The van der Waals surface area contributed by atoms with Gasteiger partial charge in [-0.2, -0.15) is 0 Å². The zero-order chi connectivity index (χ0) is 11.0. The van der Waals surface area contributed by atoms with Crippen molar-refractivity contribution in [1.29, 1.82) is 0 Å². The van der Waals surface area contributed by atoms with Crippen LogP contribution in [0.4, 0.5) is 0 Å². The summed E-state index contributed by atoms with van der Waals surface area (Å²) in [6.45, 7) is 6.92. The van der Waals surface area contributed by atoms with Gasteiger partial charge in [0.05, 0.1) is 6.61 Å². The van der Waals surface area contributed by atoms with Gasteiger partial charge in [0.2, 0.25) is 0 Å². The van der Waals surface area contributed by atoms with Crippen LogP contribution in [0.3, 0.4) is 0 Å². The molecule has 0 heterocycles. The highest BCUT2D eigenvalue weighted by Crippen LogP contribution is 1.98. The van der Waals surface area contributed by atoms with E-state index in [1.807, 2.05) is 6.41 Å². The monoisotopic (exact) mass is 216 g/mol. The minimum absolute atomic E-state index is 0.191. The van der Waals surface area contributed by atoms with E-state index in [1.165, 1.54) is 0 Å². The highest BCUT2D eigenvalue weighted by Gasteiger charge is 2.09. The van der Waals surface area contributed by atoms with Crippen molar-refractivity contribution in [2.75, 3.05) is 13.2 Å². The Kier molecular flexibility index (Phi) is 7.10. The molecule has 0 atom stereocenters. The smallest absolute Gasteiger partial charge is 0.305 e. The lowest BCUT2D eigenvalue weighted by Crippen LogP contribution is -2.34. The van der Waals surface area contributed by atoms with Gasteiger partial charge in [0.1, 0.15) is 8.96 Å². The van der Waals surface area contributed by atoms with Crippen LogP contribution in [-0.2, 0) is 14.3 Å². The van der Waals surface area contributed by atoms with E-state index in [0.29, 0.717) is 26.0 Å². The summed E-state index contributed by atoms with van der Waals surface area (Å²) in [4.78, 5) is 21.4. The summed E-state index contributed by atoms with van der Waals surface area (Å²) < 4.78 is 6.45. The minimum atomic E-state index is -1.11. The quantitative estimate of drug-likeness (QED) is 0.357. The maximum atomic E-state index is 11.0. The third-order valence-corrected chi connectivity index (χ3v) is 3.44. The summed E-state index contributed by atoms with van der Waals surface area (Å²) >= 11 is 0. The van der Waals surface area contributed by atoms with Crippen molar-refractivity contribution in [1.82, 2.24) is 4.57 Å². The van der Waals surface area contributed by atoms with Crippen molar-refractivity contribution in [3.05, 3.63) is 0 Å². The lowest BCUT2D eigenvalue weighted by Gasteiger charge is -2.19. The van der Waals surface area contributed by atoms with E-state index < -0.39 is 8.96 Å².